The van der Waals surface area contributed by atoms with E-state index in [1.54, 1.807) is 12.1 Å². The van der Waals surface area contributed by atoms with Crippen molar-refractivity contribution in [1.29, 1.82) is 0 Å². The summed E-state index contributed by atoms with van der Waals surface area (Å²) in [5.41, 5.74) is 1.20. The average Bonchev–Trinajstić information content (AvgIpc) is 2.97. The predicted molar refractivity (Wildman–Crippen MR) is 86.0 cm³/mol. The van der Waals surface area contributed by atoms with Crippen molar-refractivity contribution in [3.63, 3.8) is 0 Å². The van der Waals surface area contributed by atoms with E-state index >= 15 is 0 Å². The second kappa shape index (κ2) is 6.47. The van der Waals surface area contributed by atoms with E-state index in [9.17, 15) is 9.59 Å². The number of aromatic nitrogens is 1. The van der Waals surface area contributed by atoms with Crippen LogP contribution in [0.25, 0.3) is 5.69 Å². The minimum atomic E-state index is -0.305. The third-order valence-corrected chi connectivity index (χ3v) is 2.96. The van der Waals surface area contributed by atoms with E-state index in [1.165, 1.54) is 0 Å². The van der Waals surface area contributed by atoms with Crippen molar-refractivity contribution in [3.05, 3.63) is 54.4 Å². The molecule has 2 rings (SSSR count). The summed E-state index contributed by atoms with van der Waals surface area (Å²) >= 11 is 0. The number of carbonyl (C=O) groups is 2. The van der Waals surface area contributed by atoms with E-state index in [2.05, 4.69) is 10.6 Å². The van der Waals surface area contributed by atoms with Crippen LogP contribution < -0.4 is 10.6 Å². The van der Waals surface area contributed by atoms with Gasteiger partial charge in [-0.25, -0.2) is 0 Å². The number of benzene rings is 1. The standard InChI is InChI=1S/C17H21N3O2/c1-17(2,3)19-15(21)12-18-16(22)13-6-8-14(9-7-13)20-10-4-5-11-20/h4-11H,12H2,1-3H3,(H,18,22)(H,19,21). The van der Waals surface area contributed by atoms with Gasteiger partial charge in [0.25, 0.3) is 5.91 Å². The number of hydrogen-bond acceptors (Lipinski definition) is 2. The van der Waals surface area contributed by atoms with Crippen LogP contribution in [0.3, 0.4) is 0 Å². The molecule has 0 unspecified atom stereocenters. The number of nitrogens with one attached hydrogen (secondary N) is 2. The van der Waals surface area contributed by atoms with Crippen LogP contribution in [0.2, 0.25) is 0 Å². The van der Waals surface area contributed by atoms with Gasteiger partial charge in [0.1, 0.15) is 0 Å². The first-order valence-electron chi connectivity index (χ1n) is 7.18. The van der Waals surface area contributed by atoms with Crippen LogP contribution in [0.4, 0.5) is 0 Å². The molecule has 1 aromatic heterocycles. The lowest BCUT2D eigenvalue weighted by Gasteiger charge is -2.20. The molecule has 0 spiro atoms. The van der Waals surface area contributed by atoms with E-state index in [4.69, 9.17) is 0 Å². The third kappa shape index (κ3) is 4.48. The molecule has 0 aliphatic heterocycles. The van der Waals surface area contributed by atoms with E-state index < -0.39 is 0 Å². The van der Waals surface area contributed by atoms with Crippen molar-refractivity contribution in [3.8, 4) is 5.69 Å². The van der Waals surface area contributed by atoms with Crippen molar-refractivity contribution in [2.45, 2.75) is 26.3 Å². The molecule has 0 aliphatic rings. The molecule has 1 aromatic carbocycles. The molecule has 0 saturated heterocycles. The number of amides is 2. The van der Waals surface area contributed by atoms with Crippen LogP contribution in [0.15, 0.2) is 48.8 Å². The zero-order chi connectivity index (χ0) is 16.2. The van der Waals surface area contributed by atoms with Gasteiger partial charge < -0.3 is 15.2 Å². The van der Waals surface area contributed by atoms with Crippen molar-refractivity contribution < 1.29 is 9.59 Å². The number of hydrogen-bond donors (Lipinski definition) is 2. The second-order valence-corrected chi connectivity index (χ2v) is 6.12. The summed E-state index contributed by atoms with van der Waals surface area (Å²) in [6, 6.07) is 11.1. The molecule has 0 aliphatic carbocycles. The van der Waals surface area contributed by atoms with Gasteiger partial charge in [0.2, 0.25) is 5.91 Å². The smallest absolute Gasteiger partial charge is 0.251 e. The minimum absolute atomic E-state index is 0.0323. The van der Waals surface area contributed by atoms with Gasteiger partial charge in [0.05, 0.1) is 6.54 Å². The fourth-order valence-electron chi connectivity index (χ4n) is 2.02. The maximum absolute atomic E-state index is 12.0. The fraction of sp³-hybridized carbons (Fsp3) is 0.294. The highest BCUT2D eigenvalue weighted by Crippen LogP contribution is 2.10. The highest BCUT2D eigenvalue weighted by molar-refractivity contribution is 5.96. The summed E-state index contributed by atoms with van der Waals surface area (Å²) in [7, 11) is 0. The van der Waals surface area contributed by atoms with E-state index in [0.29, 0.717) is 5.56 Å². The highest BCUT2D eigenvalue weighted by atomic mass is 16.2. The topological polar surface area (TPSA) is 63.1 Å². The Labute approximate surface area is 130 Å². The molecule has 0 fully saturated rings. The maximum atomic E-state index is 12.0. The highest BCUT2D eigenvalue weighted by Gasteiger charge is 2.14. The fourth-order valence-corrected chi connectivity index (χ4v) is 2.02. The summed E-state index contributed by atoms with van der Waals surface area (Å²) in [5.74, 6) is -0.465. The molecule has 0 saturated carbocycles. The molecule has 2 N–H and O–H groups in total. The zero-order valence-electron chi connectivity index (χ0n) is 13.1. The van der Waals surface area contributed by atoms with Crippen LogP contribution in [0.5, 0.6) is 0 Å². The Kier molecular flexibility index (Phi) is 4.65. The normalized spacial score (nSPS) is 11.0. The van der Waals surface area contributed by atoms with Gasteiger partial charge in [0.15, 0.2) is 0 Å². The maximum Gasteiger partial charge on any atom is 0.251 e. The number of rotatable bonds is 4. The van der Waals surface area contributed by atoms with E-state index in [-0.39, 0.29) is 23.9 Å². The van der Waals surface area contributed by atoms with Gasteiger partial charge in [0, 0.05) is 29.2 Å². The zero-order valence-corrected chi connectivity index (χ0v) is 13.1. The summed E-state index contributed by atoms with van der Waals surface area (Å²) in [5, 5.41) is 5.41. The first-order valence-corrected chi connectivity index (χ1v) is 7.18. The lowest BCUT2D eigenvalue weighted by atomic mass is 10.1. The quantitative estimate of drug-likeness (QED) is 0.908. The Morgan fingerprint density at radius 3 is 2.18 bits per heavy atom. The Hall–Kier alpha value is -2.56. The molecule has 0 bridgehead atoms. The Morgan fingerprint density at radius 2 is 1.64 bits per heavy atom. The van der Waals surface area contributed by atoms with Crippen LogP contribution in [0, 0.1) is 0 Å². The SMILES string of the molecule is CC(C)(C)NC(=O)CNC(=O)c1ccc(-n2cccc2)cc1. The van der Waals surface area contributed by atoms with Crippen LogP contribution >= 0.6 is 0 Å². The molecule has 0 radical (unpaired) electrons. The van der Waals surface area contributed by atoms with Crippen molar-refractivity contribution in [2.75, 3.05) is 6.54 Å². The Morgan fingerprint density at radius 1 is 1.05 bits per heavy atom. The molecule has 22 heavy (non-hydrogen) atoms. The molecule has 116 valence electrons. The summed E-state index contributed by atoms with van der Waals surface area (Å²) < 4.78 is 1.96. The third-order valence-electron chi connectivity index (χ3n) is 2.96. The average molecular weight is 299 g/mol. The molecule has 1 heterocycles. The first-order chi connectivity index (χ1) is 10.3. The van der Waals surface area contributed by atoms with Crippen molar-refractivity contribution in [1.82, 2.24) is 15.2 Å². The largest absolute Gasteiger partial charge is 0.350 e. The van der Waals surface area contributed by atoms with Gasteiger partial charge in [-0.05, 0) is 57.2 Å². The Balaban J connectivity index is 1.92. The van der Waals surface area contributed by atoms with E-state index in [0.717, 1.165) is 5.69 Å². The molecular formula is C17H21N3O2. The van der Waals surface area contributed by atoms with Gasteiger partial charge in [-0.15, -0.1) is 0 Å². The predicted octanol–water partition coefficient (Wildman–Crippen LogP) is 2.12. The van der Waals surface area contributed by atoms with E-state index in [1.807, 2.05) is 62.0 Å². The molecule has 5 heteroatoms. The van der Waals surface area contributed by atoms with Gasteiger partial charge in [-0.3, -0.25) is 9.59 Å². The summed E-state index contributed by atoms with van der Waals surface area (Å²) in [4.78, 5) is 23.7. The number of nitrogens with zero attached hydrogens (tertiary/aromatic N) is 1. The monoisotopic (exact) mass is 299 g/mol. The number of carbonyl (C=O) groups excluding carboxylic acids is 2. The van der Waals surface area contributed by atoms with Gasteiger partial charge in [-0.2, -0.15) is 0 Å². The molecule has 0 atom stereocenters. The second-order valence-electron chi connectivity index (χ2n) is 6.12. The van der Waals surface area contributed by atoms with Crippen molar-refractivity contribution >= 4 is 11.8 Å². The first kappa shape index (κ1) is 15.8. The summed E-state index contributed by atoms with van der Waals surface area (Å²) in [6.07, 6.45) is 3.87. The van der Waals surface area contributed by atoms with Gasteiger partial charge in [-0.1, -0.05) is 0 Å². The van der Waals surface area contributed by atoms with Crippen LogP contribution in [-0.4, -0.2) is 28.5 Å². The molecule has 2 amide bonds. The molecule has 5 nitrogen and oxygen atoms in total. The summed E-state index contributed by atoms with van der Waals surface area (Å²) in [6.45, 7) is 5.65. The van der Waals surface area contributed by atoms with Gasteiger partial charge >= 0.3 is 0 Å². The lowest BCUT2D eigenvalue weighted by molar-refractivity contribution is -0.121. The Bertz CT molecular complexity index is 638. The molecular weight excluding hydrogens is 278 g/mol. The lowest BCUT2D eigenvalue weighted by Crippen LogP contribution is -2.45. The van der Waals surface area contributed by atoms with Crippen LogP contribution in [-0.2, 0) is 4.79 Å². The van der Waals surface area contributed by atoms with Crippen LogP contribution in [0.1, 0.15) is 31.1 Å². The van der Waals surface area contributed by atoms with Crippen molar-refractivity contribution in [2.24, 2.45) is 0 Å². The molecule has 2 aromatic rings. The minimum Gasteiger partial charge on any atom is -0.350 e.